The largest absolute Gasteiger partial charge is 0.392 e. The summed E-state index contributed by atoms with van der Waals surface area (Å²) in [7, 11) is 0. The van der Waals surface area contributed by atoms with E-state index in [0.29, 0.717) is 11.3 Å². The first-order valence-electron chi connectivity index (χ1n) is 3.90. The molecule has 2 aliphatic rings. The highest BCUT2D eigenvalue weighted by Gasteiger charge is 2.49. The van der Waals surface area contributed by atoms with Gasteiger partial charge in [0.2, 0.25) is 0 Å². The number of fused-ring (bicyclic) bond motifs is 2. The van der Waals surface area contributed by atoms with Crippen molar-refractivity contribution in [3.8, 4) is 0 Å². The summed E-state index contributed by atoms with van der Waals surface area (Å²) in [6.45, 7) is 2.23. The van der Waals surface area contributed by atoms with Crippen LogP contribution in [0.1, 0.15) is 32.6 Å². The van der Waals surface area contributed by atoms with Crippen LogP contribution >= 0.6 is 0 Å². The second-order valence-corrected chi connectivity index (χ2v) is 3.94. The van der Waals surface area contributed by atoms with Crippen LogP contribution in [-0.2, 0) is 0 Å². The number of rotatable bonds is 0. The monoisotopic (exact) mass is 126 g/mol. The molecule has 2 bridgehead atoms. The van der Waals surface area contributed by atoms with Crippen molar-refractivity contribution in [2.24, 2.45) is 11.3 Å². The van der Waals surface area contributed by atoms with E-state index in [9.17, 15) is 5.11 Å². The van der Waals surface area contributed by atoms with Crippen molar-refractivity contribution in [3.63, 3.8) is 0 Å². The van der Waals surface area contributed by atoms with Gasteiger partial charge < -0.3 is 5.11 Å². The highest BCUT2D eigenvalue weighted by Crippen LogP contribution is 2.53. The van der Waals surface area contributed by atoms with E-state index in [1.807, 2.05) is 0 Å². The van der Waals surface area contributed by atoms with Crippen molar-refractivity contribution in [2.75, 3.05) is 0 Å². The summed E-state index contributed by atoms with van der Waals surface area (Å²) >= 11 is 0. The first-order valence-corrected chi connectivity index (χ1v) is 3.90. The molecule has 2 rings (SSSR count). The van der Waals surface area contributed by atoms with Crippen LogP contribution in [0.5, 0.6) is 0 Å². The molecule has 1 N–H and O–H groups in total. The lowest BCUT2D eigenvalue weighted by Gasteiger charge is -2.22. The molecule has 2 aliphatic carbocycles. The van der Waals surface area contributed by atoms with Gasteiger partial charge in [-0.15, -0.1) is 0 Å². The molecule has 0 unspecified atom stereocenters. The Balaban J connectivity index is 2.26. The molecule has 52 valence electrons. The minimum absolute atomic E-state index is 0.0394. The van der Waals surface area contributed by atoms with Crippen LogP contribution in [0, 0.1) is 11.3 Å². The van der Waals surface area contributed by atoms with Crippen molar-refractivity contribution in [3.05, 3.63) is 0 Å². The third kappa shape index (κ3) is 0.586. The van der Waals surface area contributed by atoms with E-state index in [1.54, 1.807) is 0 Å². The van der Waals surface area contributed by atoms with Gasteiger partial charge in [0.1, 0.15) is 0 Å². The molecule has 0 aliphatic heterocycles. The molecule has 1 atom stereocenters. The second-order valence-electron chi connectivity index (χ2n) is 3.94. The Morgan fingerprint density at radius 1 is 1.33 bits per heavy atom. The van der Waals surface area contributed by atoms with E-state index < -0.39 is 0 Å². The van der Waals surface area contributed by atoms with Crippen molar-refractivity contribution in [1.82, 2.24) is 0 Å². The molecule has 0 aromatic carbocycles. The number of aliphatic hydroxyl groups excluding tert-OH is 1. The molecule has 0 aromatic rings. The van der Waals surface area contributed by atoms with Crippen LogP contribution in [-0.4, -0.2) is 11.2 Å². The number of hydrogen-bond acceptors (Lipinski definition) is 1. The first kappa shape index (κ1) is 5.72. The normalized spacial score (nSPS) is 56.7. The molecule has 2 saturated carbocycles. The summed E-state index contributed by atoms with van der Waals surface area (Å²) in [6, 6.07) is 0. The Morgan fingerprint density at radius 2 is 1.89 bits per heavy atom. The Morgan fingerprint density at radius 3 is 2.00 bits per heavy atom. The summed E-state index contributed by atoms with van der Waals surface area (Å²) in [6.07, 6.45) is 5.12. The van der Waals surface area contributed by atoms with E-state index in [-0.39, 0.29) is 6.10 Å². The van der Waals surface area contributed by atoms with Crippen LogP contribution in [0.15, 0.2) is 0 Å². The molecular weight excluding hydrogens is 112 g/mol. The molecule has 1 heteroatoms. The molecule has 0 aromatic heterocycles. The number of hydrogen-bond donors (Lipinski definition) is 1. The Labute approximate surface area is 56.1 Å². The lowest BCUT2D eigenvalue weighted by Crippen LogP contribution is -2.22. The second kappa shape index (κ2) is 1.51. The average molecular weight is 126 g/mol. The summed E-state index contributed by atoms with van der Waals surface area (Å²) < 4.78 is 0. The van der Waals surface area contributed by atoms with E-state index in [1.165, 1.54) is 25.7 Å². The molecule has 9 heavy (non-hydrogen) atoms. The quantitative estimate of drug-likeness (QED) is 0.522. The zero-order chi connectivity index (χ0) is 6.48. The molecule has 0 radical (unpaired) electrons. The van der Waals surface area contributed by atoms with Crippen LogP contribution in [0.2, 0.25) is 0 Å². The van der Waals surface area contributed by atoms with Gasteiger partial charge >= 0.3 is 0 Å². The highest BCUT2D eigenvalue weighted by atomic mass is 16.3. The van der Waals surface area contributed by atoms with Gasteiger partial charge in [-0.1, -0.05) is 6.92 Å². The SMILES string of the molecule is CC12CCC(CC1)[C@@H]2O. The van der Waals surface area contributed by atoms with Crippen molar-refractivity contribution < 1.29 is 5.11 Å². The Bertz CT molecular complexity index is 123. The summed E-state index contributed by atoms with van der Waals surface area (Å²) in [5, 5.41) is 9.59. The van der Waals surface area contributed by atoms with Gasteiger partial charge in [-0.3, -0.25) is 0 Å². The maximum Gasteiger partial charge on any atom is 0.0621 e. The number of aliphatic hydroxyl groups is 1. The zero-order valence-electron chi connectivity index (χ0n) is 5.93. The smallest absolute Gasteiger partial charge is 0.0621 e. The van der Waals surface area contributed by atoms with Gasteiger partial charge in [-0.05, 0) is 37.0 Å². The van der Waals surface area contributed by atoms with Crippen LogP contribution in [0.25, 0.3) is 0 Å². The maximum atomic E-state index is 9.59. The van der Waals surface area contributed by atoms with Crippen LogP contribution in [0.3, 0.4) is 0 Å². The molecule has 0 heterocycles. The highest BCUT2D eigenvalue weighted by molar-refractivity contribution is 5.00. The predicted molar refractivity (Wildman–Crippen MR) is 36.1 cm³/mol. The van der Waals surface area contributed by atoms with Crippen LogP contribution in [0.4, 0.5) is 0 Å². The third-order valence-electron chi connectivity index (χ3n) is 3.33. The van der Waals surface area contributed by atoms with Crippen LogP contribution < -0.4 is 0 Å². The van der Waals surface area contributed by atoms with Gasteiger partial charge in [-0.2, -0.15) is 0 Å². The summed E-state index contributed by atoms with van der Waals surface area (Å²) in [4.78, 5) is 0. The first-order chi connectivity index (χ1) is 4.22. The average Bonchev–Trinajstić information content (AvgIpc) is 2.24. The fourth-order valence-electron chi connectivity index (χ4n) is 2.48. The molecule has 1 nitrogen and oxygen atoms in total. The summed E-state index contributed by atoms with van der Waals surface area (Å²) in [5.74, 6) is 0.662. The topological polar surface area (TPSA) is 20.2 Å². The van der Waals surface area contributed by atoms with Gasteiger partial charge in [0, 0.05) is 0 Å². The zero-order valence-corrected chi connectivity index (χ0v) is 5.93. The van der Waals surface area contributed by atoms with Gasteiger partial charge in [0.15, 0.2) is 0 Å². The van der Waals surface area contributed by atoms with Crippen molar-refractivity contribution >= 4 is 0 Å². The van der Waals surface area contributed by atoms with E-state index in [2.05, 4.69) is 6.92 Å². The fraction of sp³-hybridized carbons (Fsp3) is 1.00. The van der Waals surface area contributed by atoms with E-state index in [4.69, 9.17) is 0 Å². The van der Waals surface area contributed by atoms with Gasteiger partial charge in [0.25, 0.3) is 0 Å². The molecular formula is C8H14O. The lowest BCUT2D eigenvalue weighted by molar-refractivity contribution is 0.0753. The predicted octanol–water partition coefficient (Wildman–Crippen LogP) is 1.56. The Kier molecular flexibility index (Phi) is 0.963. The van der Waals surface area contributed by atoms with Gasteiger partial charge in [0.05, 0.1) is 6.10 Å². The maximum absolute atomic E-state index is 9.59. The molecule has 0 amide bonds. The third-order valence-corrected chi connectivity index (χ3v) is 3.33. The Hall–Kier alpha value is -0.0400. The fourth-order valence-corrected chi connectivity index (χ4v) is 2.48. The minimum atomic E-state index is 0.0394. The minimum Gasteiger partial charge on any atom is -0.392 e. The molecule has 2 fully saturated rings. The summed E-state index contributed by atoms with van der Waals surface area (Å²) in [5.41, 5.74) is 0.324. The van der Waals surface area contributed by atoms with Crippen molar-refractivity contribution in [2.45, 2.75) is 38.7 Å². The lowest BCUT2D eigenvalue weighted by atomic mass is 9.86. The molecule has 0 spiro atoms. The van der Waals surface area contributed by atoms with E-state index >= 15 is 0 Å². The standard InChI is InChI=1S/C8H14O/c1-8-4-2-6(3-5-8)7(8)9/h6-7,9H,2-5H2,1H3/t6?,7-,8?/m0/s1. The van der Waals surface area contributed by atoms with Gasteiger partial charge in [-0.25, -0.2) is 0 Å². The molecule has 0 saturated heterocycles. The van der Waals surface area contributed by atoms with Crippen molar-refractivity contribution in [1.29, 1.82) is 0 Å². The van der Waals surface area contributed by atoms with E-state index in [0.717, 1.165) is 0 Å².